The number of hydrogen-bond donors (Lipinski definition) is 1. The van der Waals surface area contributed by atoms with Crippen LogP contribution in [0.25, 0.3) is 6.08 Å². The molecule has 10 heteroatoms. The number of benzene rings is 1. The van der Waals surface area contributed by atoms with Gasteiger partial charge < -0.3 is 9.84 Å². The van der Waals surface area contributed by atoms with Gasteiger partial charge in [-0.25, -0.2) is 4.68 Å². The third kappa shape index (κ3) is 3.58. The molecule has 0 aliphatic heterocycles. The lowest BCUT2D eigenvalue weighted by Gasteiger charge is -2.10. The maximum absolute atomic E-state index is 13.1. The van der Waals surface area contributed by atoms with E-state index >= 15 is 0 Å². The average Bonchev–Trinajstić information content (AvgIpc) is 2.79. The van der Waals surface area contributed by atoms with Crippen molar-refractivity contribution in [1.29, 1.82) is 5.26 Å². The van der Waals surface area contributed by atoms with Crippen molar-refractivity contribution < 1.29 is 23.0 Å². The zero-order valence-corrected chi connectivity index (χ0v) is 13.4. The van der Waals surface area contributed by atoms with Crippen LogP contribution in [0.5, 0.6) is 17.4 Å². The molecule has 1 aromatic carbocycles. The molecule has 24 heavy (non-hydrogen) atoms. The van der Waals surface area contributed by atoms with Gasteiger partial charge in [-0.2, -0.15) is 23.5 Å². The highest BCUT2D eigenvalue weighted by atomic mass is 35.5. The maximum atomic E-state index is 13.1. The number of alkyl halides is 3. The highest BCUT2D eigenvalue weighted by molar-refractivity contribution is 6.36. The highest BCUT2D eigenvalue weighted by Crippen LogP contribution is 2.41. The topological polar surface area (TPSA) is 71.1 Å². The lowest BCUT2D eigenvalue weighted by atomic mass is 10.2. The molecular weight excluding hydrogens is 370 g/mol. The quantitative estimate of drug-likeness (QED) is 0.781. The van der Waals surface area contributed by atoms with Crippen LogP contribution in [-0.4, -0.2) is 14.9 Å². The number of nitriles is 1. The van der Waals surface area contributed by atoms with Crippen molar-refractivity contribution in [1.82, 2.24) is 9.78 Å². The first-order valence-corrected chi connectivity index (χ1v) is 6.97. The molecule has 5 nitrogen and oxygen atoms in total. The molecule has 0 amide bonds. The molecule has 0 fully saturated rings. The molecule has 1 N–H and O–H groups in total. The number of rotatable bonds is 3. The molecule has 2 aromatic rings. The third-order valence-corrected chi connectivity index (χ3v) is 3.43. The molecule has 0 aliphatic rings. The van der Waals surface area contributed by atoms with E-state index in [1.54, 1.807) is 6.07 Å². The van der Waals surface area contributed by atoms with Crippen molar-refractivity contribution in [3.8, 4) is 23.4 Å². The summed E-state index contributed by atoms with van der Waals surface area (Å²) >= 11 is 11.6. The number of nitrogens with zero attached hydrogens (tertiary/aromatic N) is 3. The fourth-order valence-corrected chi connectivity index (χ4v) is 2.25. The average molecular weight is 378 g/mol. The van der Waals surface area contributed by atoms with Gasteiger partial charge in [0.2, 0.25) is 5.88 Å². The van der Waals surface area contributed by atoms with Crippen LogP contribution in [0.15, 0.2) is 18.2 Å². The van der Waals surface area contributed by atoms with E-state index in [-0.39, 0.29) is 27.4 Å². The molecular formula is C14H8Cl2F3N3O2. The summed E-state index contributed by atoms with van der Waals surface area (Å²) in [6.45, 7) is 0. The summed E-state index contributed by atoms with van der Waals surface area (Å²) in [7, 11) is 1.23. The molecule has 2 rings (SSSR count). The molecule has 0 radical (unpaired) electrons. The van der Waals surface area contributed by atoms with Crippen molar-refractivity contribution in [2.75, 3.05) is 0 Å². The van der Waals surface area contributed by atoms with Crippen molar-refractivity contribution in [3.63, 3.8) is 0 Å². The van der Waals surface area contributed by atoms with Crippen LogP contribution in [0.2, 0.25) is 10.0 Å². The number of halogens is 5. The van der Waals surface area contributed by atoms with E-state index < -0.39 is 17.4 Å². The Hall–Kier alpha value is -2.37. The summed E-state index contributed by atoms with van der Waals surface area (Å²) < 4.78 is 45.4. The number of ether oxygens (including phenoxy) is 1. The van der Waals surface area contributed by atoms with Crippen LogP contribution in [0.4, 0.5) is 13.2 Å². The standard InChI is InChI=1S/C14H8Cl2F3N3O2/c1-22-13(24-11-6-10(23)8(15)5-9(11)16)7(3-2-4-20)12(21-22)14(17,18)19/h2-3,5-6,23H,1H3/b3-2+. The molecule has 0 atom stereocenters. The molecule has 0 saturated carbocycles. The summed E-state index contributed by atoms with van der Waals surface area (Å²) in [4.78, 5) is 0. The van der Waals surface area contributed by atoms with E-state index in [2.05, 4.69) is 5.10 Å². The molecule has 0 unspecified atom stereocenters. The van der Waals surface area contributed by atoms with Crippen LogP contribution < -0.4 is 4.74 Å². The molecule has 1 aromatic heterocycles. The van der Waals surface area contributed by atoms with Gasteiger partial charge in [0.05, 0.1) is 21.7 Å². The van der Waals surface area contributed by atoms with Gasteiger partial charge >= 0.3 is 6.18 Å². The van der Waals surface area contributed by atoms with E-state index in [1.807, 2.05) is 0 Å². The molecule has 1 heterocycles. The van der Waals surface area contributed by atoms with Gasteiger partial charge in [-0.3, -0.25) is 0 Å². The molecule has 0 aliphatic carbocycles. The smallest absolute Gasteiger partial charge is 0.435 e. The zero-order chi connectivity index (χ0) is 18.1. The normalized spacial score (nSPS) is 11.7. The number of allylic oxidation sites excluding steroid dienone is 1. The first-order chi connectivity index (χ1) is 11.1. The maximum Gasteiger partial charge on any atom is 0.435 e. The van der Waals surface area contributed by atoms with E-state index in [0.29, 0.717) is 0 Å². The predicted octanol–water partition coefficient (Wildman–Crippen LogP) is 4.78. The van der Waals surface area contributed by atoms with Crippen LogP contribution in [0, 0.1) is 11.3 Å². The fraction of sp³-hybridized carbons (Fsp3) is 0.143. The van der Waals surface area contributed by atoms with Gasteiger partial charge in [0.25, 0.3) is 0 Å². The number of aryl methyl sites for hydroxylation is 1. The Morgan fingerprint density at radius 1 is 1.33 bits per heavy atom. The van der Waals surface area contributed by atoms with Crippen LogP contribution in [-0.2, 0) is 13.2 Å². The predicted molar refractivity (Wildman–Crippen MR) is 81.1 cm³/mol. The Labute approximate surface area is 144 Å². The number of phenolic OH excluding ortho intramolecular Hbond substituents is 1. The largest absolute Gasteiger partial charge is 0.506 e. The van der Waals surface area contributed by atoms with E-state index in [1.165, 1.54) is 13.1 Å². The van der Waals surface area contributed by atoms with Gasteiger partial charge in [0, 0.05) is 19.2 Å². The first-order valence-electron chi connectivity index (χ1n) is 6.21. The van der Waals surface area contributed by atoms with Crippen molar-refractivity contribution in [2.45, 2.75) is 6.18 Å². The second-order valence-electron chi connectivity index (χ2n) is 4.49. The number of phenols is 1. The number of aromatic nitrogens is 2. The monoisotopic (exact) mass is 377 g/mol. The van der Waals surface area contributed by atoms with Gasteiger partial charge in [-0.15, -0.1) is 0 Å². The molecule has 126 valence electrons. The Morgan fingerprint density at radius 2 is 2.00 bits per heavy atom. The van der Waals surface area contributed by atoms with Gasteiger partial charge in [0.15, 0.2) is 11.4 Å². The van der Waals surface area contributed by atoms with Crippen LogP contribution in [0.1, 0.15) is 11.3 Å². The Balaban J connectivity index is 2.59. The van der Waals surface area contributed by atoms with E-state index in [9.17, 15) is 18.3 Å². The minimum atomic E-state index is -4.75. The zero-order valence-electron chi connectivity index (χ0n) is 11.9. The fourth-order valence-electron chi connectivity index (χ4n) is 1.83. The summed E-state index contributed by atoms with van der Waals surface area (Å²) in [5, 5.41) is 21.5. The first kappa shape index (κ1) is 18.0. The Bertz CT molecular complexity index is 854. The van der Waals surface area contributed by atoms with Crippen molar-refractivity contribution >= 4 is 29.3 Å². The minimum Gasteiger partial charge on any atom is -0.506 e. The summed E-state index contributed by atoms with van der Waals surface area (Å²) in [6, 6.07) is 3.84. The van der Waals surface area contributed by atoms with Crippen molar-refractivity contribution in [3.05, 3.63) is 39.5 Å². The van der Waals surface area contributed by atoms with Gasteiger partial charge in [0.1, 0.15) is 5.75 Å². The summed E-state index contributed by atoms with van der Waals surface area (Å²) in [5.41, 5.74) is -1.67. The number of hydrogen-bond acceptors (Lipinski definition) is 4. The van der Waals surface area contributed by atoms with Crippen molar-refractivity contribution in [2.24, 2.45) is 7.05 Å². The Kier molecular flexibility index (Phi) is 4.96. The molecule has 0 bridgehead atoms. The lowest BCUT2D eigenvalue weighted by molar-refractivity contribution is -0.141. The van der Waals surface area contributed by atoms with E-state index in [0.717, 1.165) is 22.9 Å². The van der Waals surface area contributed by atoms with Crippen LogP contribution in [0.3, 0.4) is 0 Å². The summed E-state index contributed by atoms with van der Waals surface area (Å²) in [6.07, 6.45) is -2.96. The lowest BCUT2D eigenvalue weighted by Crippen LogP contribution is -2.08. The molecule has 0 saturated heterocycles. The van der Waals surface area contributed by atoms with Gasteiger partial charge in [-0.1, -0.05) is 23.2 Å². The Morgan fingerprint density at radius 3 is 2.58 bits per heavy atom. The highest BCUT2D eigenvalue weighted by Gasteiger charge is 2.39. The second-order valence-corrected chi connectivity index (χ2v) is 5.30. The SMILES string of the molecule is Cn1nc(C(F)(F)F)c(/C=C/C#N)c1Oc1cc(O)c(Cl)cc1Cl. The van der Waals surface area contributed by atoms with Crippen LogP contribution >= 0.6 is 23.2 Å². The van der Waals surface area contributed by atoms with E-state index in [4.69, 9.17) is 33.2 Å². The third-order valence-electron chi connectivity index (χ3n) is 2.83. The second kappa shape index (κ2) is 6.63. The molecule has 0 spiro atoms. The minimum absolute atomic E-state index is 0.0252. The van der Waals surface area contributed by atoms with Gasteiger partial charge in [-0.05, 0) is 12.1 Å². The number of aromatic hydroxyl groups is 1. The summed E-state index contributed by atoms with van der Waals surface area (Å²) in [5.74, 6) is -0.789.